The van der Waals surface area contributed by atoms with Crippen LogP contribution in [0.5, 0.6) is 0 Å². The molecule has 1 aromatic heterocycles. The van der Waals surface area contributed by atoms with Gasteiger partial charge in [-0.1, -0.05) is 0 Å². The third kappa shape index (κ3) is 4.34. The van der Waals surface area contributed by atoms with Gasteiger partial charge in [0.1, 0.15) is 0 Å². The summed E-state index contributed by atoms with van der Waals surface area (Å²) in [6.07, 6.45) is 5.00. The largest absolute Gasteiger partial charge is 0.314 e. The number of nitrogens with one attached hydrogen (secondary N) is 1. The standard InChI is InChI=1S/C14H25N3S/c1-12(2)17-8-3-4-13(6-9-17)15-7-5-14-10-18-11-16-14/h10-13,15H,3-9H2,1-2H3. The molecule has 0 spiro atoms. The Morgan fingerprint density at radius 2 is 2.33 bits per heavy atom. The molecule has 1 unspecified atom stereocenters. The molecule has 0 saturated carbocycles. The lowest BCUT2D eigenvalue weighted by molar-refractivity contribution is 0.229. The Hall–Kier alpha value is -0.450. The maximum absolute atomic E-state index is 4.32. The topological polar surface area (TPSA) is 28.2 Å². The molecule has 1 aromatic rings. The molecular formula is C14H25N3S. The van der Waals surface area contributed by atoms with Crippen molar-refractivity contribution in [2.24, 2.45) is 0 Å². The molecule has 2 heterocycles. The zero-order chi connectivity index (χ0) is 12.8. The van der Waals surface area contributed by atoms with Crippen LogP contribution in [0.15, 0.2) is 10.9 Å². The van der Waals surface area contributed by atoms with E-state index in [2.05, 4.69) is 34.4 Å². The van der Waals surface area contributed by atoms with Gasteiger partial charge in [-0.05, 0) is 46.2 Å². The fourth-order valence-electron chi connectivity index (χ4n) is 2.60. The molecule has 102 valence electrons. The lowest BCUT2D eigenvalue weighted by Gasteiger charge is -2.24. The number of hydrogen-bond acceptors (Lipinski definition) is 4. The molecule has 2 rings (SSSR count). The van der Waals surface area contributed by atoms with Crippen LogP contribution < -0.4 is 5.32 Å². The molecular weight excluding hydrogens is 242 g/mol. The van der Waals surface area contributed by atoms with Crippen LogP contribution in [-0.4, -0.2) is 41.6 Å². The van der Waals surface area contributed by atoms with E-state index in [0.29, 0.717) is 12.1 Å². The number of thiazole rings is 1. The number of likely N-dealkylation sites (tertiary alicyclic amines) is 1. The average molecular weight is 267 g/mol. The van der Waals surface area contributed by atoms with Crippen molar-refractivity contribution in [1.29, 1.82) is 0 Å². The summed E-state index contributed by atoms with van der Waals surface area (Å²) in [5.41, 5.74) is 3.14. The maximum Gasteiger partial charge on any atom is 0.0794 e. The van der Waals surface area contributed by atoms with E-state index in [1.165, 1.54) is 38.0 Å². The van der Waals surface area contributed by atoms with Crippen molar-refractivity contribution in [1.82, 2.24) is 15.2 Å². The average Bonchev–Trinajstić information content (AvgIpc) is 2.73. The summed E-state index contributed by atoms with van der Waals surface area (Å²) in [5, 5.41) is 5.85. The summed E-state index contributed by atoms with van der Waals surface area (Å²) < 4.78 is 0. The second kappa shape index (κ2) is 7.22. The Balaban J connectivity index is 1.67. The lowest BCUT2D eigenvalue weighted by Crippen LogP contribution is -2.34. The molecule has 0 radical (unpaired) electrons. The normalized spacial score (nSPS) is 22.3. The zero-order valence-electron chi connectivity index (χ0n) is 11.6. The van der Waals surface area contributed by atoms with Gasteiger partial charge in [-0.25, -0.2) is 4.98 Å². The molecule has 1 atom stereocenters. The van der Waals surface area contributed by atoms with Crippen molar-refractivity contribution in [3.63, 3.8) is 0 Å². The van der Waals surface area contributed by atoms with E-state index < -0.39 is 0 Å². The van der Waals surface area contributed by atoms with Crippen LogP contribution in [0.2, 0.25) is 0 Å². The smallest absolute Gasteiger partial charge is 0.0794 e. The van der Waals surface area contributed by atoms with Gasteiger partial charge in [-0.3, -0.25) is 0 Å². The molecule has 1 fully saturated rings. The molecule has 4 heteroatoms. The first-order chi connectivity index (χ1) is 8.75. The summed E-state index contributed by atoms with van der Waals surface area (Å²) in [6, 6.07) is 1.39. The fourth-order valence-corrected chi connectivity index (χ4v) is 3.20. The summed E-state index contributed by atoms with van der Waals surface area (Å²) in [7, 11) is 0. The highest BCUT2D eigenvalue weighted by molar-refractivity contribution is 7.07. The zero-order valence-corrected chi connectivity index (χ0v) is 12.4. The number of rotatable bonds is 5. The van der Waals surface area contributed by atoms with Gasteiger partial charge in [0.2, 0.25) is 0 Å². The molecule has 1 saturated heterocycles. The van der Waals surface area contributed by atoms with Crippen LogP contribution in [0.25, 0.3) is 0 Å². The van der Waals surface area contributed by atoms with E-state index in [1.54, 1.807) is 11.3 Å². The van der Waals surface area contributed by atoms with E-state index in [0.717, 1.165) is 13.0 Å². The summed E-state index contributed by atoms with van der Waals surface area (Å²) in [4.78, 5) is 6.92. The van der Waals surface area contributed by atoms with Gasteiger partial charge in [-0.15, -0.1) is 11.3 Å². The highest BCUT2D eigenvalue weighted by Gasteiger charge is 2.17. The Bertz CT molecular complexity index is 324. The highest BCUT2D eigenvalue weighted by Crippen LogP contribution is 2.13. The van der Waals surface area contributed by atoms with Gasteiger partial charge in [0.15, 0.2) is 0 Å². The SMILES string of the molecule is CC(C)N1CCCC(NCCc2cscn2)CC1. The Morgan fingerprint density at radius 3 is 3.06 bits per heavy atom. The van der Waals surface area contributed by atoms with Crippen LogP contribution in [0.4, 0.5) is 0 Å². The minimum Gasteiger partial charge on any atom is -0.314 e. The first kappa shape index (κ1) is 14.0. The van der Waals surface area contributed by atoms with Gasteiger partial charge in [0.25, 0.3) is 0 Å². The van der Waals surface area contributed by atoms with Crippen LogP contribution in [0.1, 0.15) is 38.8 Å². The molecule has 0 aliphatic carbocycles. The predicted molar refractivity (Wildman–Crippen MR) is 78.2 cm³/mol. The number of nitrogens with zero attached hydrogens (tertiary/aromatic N) is 2. The molecule has 0 aromatic carbocycles. The van der Waals surface area contributed by atoms with Crippen molar-refractivity contribution in [2.75, 3.05) is 19.6 Å². The number of hydrogen-bond donors (Lipinski definition) is 1. The minimum atomic E-state index is 0.693. The Morgan fingerprint density at radius 1 is 1.44 bits per heavy atom. The fraction of sp³-hybridized carbons (Fsp3) is 0.786. The first-order valence-corrected chi connectivity index (χ1v) is 8.04. The van der Waals surface area contributed by atoms with Gasteiger partial charge in [0.05, 0.1) is 11.2 Å². The molecule has 0 bridgehead atoms. The van der Waals surface area contributed by atoms with E-state index >= 15 is 0 Å². The lowest BCUT2D eigenvalue weighted by atomic mass is 10.1. The van der Waals surface area contributed by atoms with Gasteiger partial charge < -0.3 is 10.2 Å². The van der Waals surface area contributed by atoms with E-state index in [-0.39, 0.29) is 0 Å². The molecule has 3 nitrogen and oxygen atoms in total. The van der Waals surface area contributed by atoms with Crippen molar-refractivity contribution in [2.45, 2.75) is 51.6 Å². The Kier molecular flexibility index (Phi) is 5.60. The highest BCUT2D eigenvalue weighted by atomic mass is 32.1. The maximum atomic E-state index is 4.32. The molecule has 18 heavy (non-hydrogen) atoms. The van der Waals surface area contributed by atoms with E-state index in [1.807, 2.05) is 5.51 Å². The van der Waals surface area contributed by atoms with Crippen LogP contribution in [-0.2, 0) is 6.42 Å². The quantitative estimate of drug-likeness (QED) is 0.888. The third-order valence-corrected chi connectivity index (χ3v) is 4.43. The minimum absolute atomic E-state index is 0.693. The summed E-state index contributed by atoms with van der Waals surface area (Å²) in [6.45, 7) is 8.18. The molecule has 1 aliphatic rings. The third-order valence-electron chi connectivity index (χ3n) is 3.79. The summed E-state index contributed by atoms with van der Waals surface area (Å²) >= 11 is 1.69. The van der Waals surface area contributed by atoms with Crippen LogP contribution in [0.3, 0.4) is 0 Å². The van der Waals surface area contributed by atoms with E-state index in [4.69, 9.17) is 0 Å². The summed E-state index contributed by atoms with van der Waals surface area (Å²) in [5.74, 6) is 0. The second-order valence-corrected chi connectivity index (χ2v) is 6.16. The molecule has 1 N–H and O–H groups in total. The van der Waals surface area contributed by atoms with E-state index in [9.17, 15) is 0 Å². The second-order valence-electron chi connectivity index (χ2n) is 5.44. The van der Waals surface area contributed by atoms with Gasteiger partial charge in [0, 0.05) is 30.4 Å². The first-order valence-electron chi connectivity index (χ1n) is 7.10. The van der Waals surface area contributed by atoms with Crippen LogP contribution in [0, 0.1) is 0 Å². The van der Waals surface area contributed by atoms with Crippen LogP contribution >= 0.6 is 11.3 Å². The number of aromatic nitrogens is 1. The van der Waals surface area contributed by atoms with Crippen molar-refractivity contribution >= 4 is 11.3 Å². The predicted octanol–water partition coefficient (Wildman–Crippen LogP) is 2.54. The molecule has 0 amide bonds. The van der Waals surface area contributed by atoms with Gasteiger partial charge in [-0.2, -0.15) is 0 Å². The van der Waals surface area contributed by atoms with Crippen molar-refractivity contribution in [3.05, 3.63) is 16.6 Å². The molecule has 1 aliphatic heterocycles. The monoisotopic (exact) mass is 267 g/mol. The van der Waals surface area contributed by atoms with Crippen molar-refractivity contribution in [3.8, 4) is 0 Å². The van der Waals surface area contributed by atoms with Crippen molar-refractivity contribution < 1.29 is 0 Å². The van der Waals surface area contributed by atoms with Gasteiger partial charge >= 0.3 is 0 Å². The Labute approximate surface area is 115 Å².